The fourth-order valence-corrected chi connectivity index (χ4v) is 4.55. The Balaban J connectivity index is 1.65. The third-order valence-corrected chi connectivity index (χ3v) is 6.55. The highest BCUT2D eigenvalue weighted by atomic mass is 19.1. The number of H-pyrrole nitrogens is 1. The van der Waals surface area contributed by atoms with Gasteiger partial charge < -0.3 is 10.6 Å². The van der Waals surface area contributed by atoms with Crippen molar-refractivity contribution in [1.82, 2.24) is 9.55 Å². The van der Waals surface area contributed by atoms with Crippen LogP contribution in [0.25, 0.3) is 0 Å². The molecule has 3 N–H and O–H groups in total. The number of hydrogen-bond acceptors (Lipinski definition) is 4. The quantitative estimate of drug-likeness (QED) is 0.440. The number of carbonyl (C=O) groups is 1. The molecule has 0 saturated carbocycles. The molecular weight excluding hydrogens is 459 g/mol. The van der Waals surface area contributed by atoms with Crippen molar-refractivity contribution < 1.29 is 9.18 Å². The molecule has 0 bridgehead atoms. The number of anilines is 2. The molecule has 1 heterocycles. The first-order valence-corrected chi connectivity index (χ1v) is 12.3. The summed E-state index contributed by atoms with van der Waals surface area (Å²) >= 11 is 0. The molecule has 0 unspecified atom stereocenters. The van der Waals surface area contributed by atoms with Gasteiger partial charge in [0, 0.05) is 13.0 Å². The van der Waals surface area contributed by atoms with E-state index in [1.54, 1.807) is 12.1 Å². The van der Waals surface area contributed by atoms with Crippen LogP contribution in [0.5, 0.6) is 0 Å². The Labute approximate surface area is 209 Å². The number of benzene rings is 2. The number of nitrogens with one attached hydrogen (secondary N) is 1. The lowest BCUT2D eigenvalue weighted by Crippen LogP contribution is -2.42. The molecule has 0 fully saturated rings. The minimum atomic E-state index is -0.686. The Hall–Kier alpha value is -3.94. The number of nitrogens with two attached hydrogens (primary N) is 1. The number of allylic oxidation sites excluding steroid dienone is 1. The van der Waals surface area contributed by atoms with Gasteiger partial charge in [-0.1, -0.05) is 54.1 Å². The van der Waals surface area contributed by atoms with Gasteiger partial charge in [-0.2, -0.15) is 0 Å². The van der Waals surface area contributed by atoms with E-state index in [-0.39, 0.29) is 42.7 Å². The Kier molecular flexibility index (Phi) is 8.15. The summed E-state index contributed by atoms with van der Waals surface area (Å²) in [6.45, 7) is 0.447. The normalized spacial score (nSPS) is 13.3. The number of aryl methyl sites for hydroxylation is 1. The summed E-state index contributed by atoms with van der Waals surface area (Å²) < 4.78 is 14.6. The third-order valence-electron chi connectivity index (χ3n) is 6.55. The molecule has 2 aromatic carbocycles. The first-order chi connectivity index (χ1) is 17.4. The maximum Gasteiger partial charge on any atom is 0.330 e. The molecule has 188 valence electrons. The van der Waals surface area contributed by atoms with Gasteiger partial charge in [0.1, 0.15) is 11.6 Å². The van der Waals surface area contributed by atoms with Gasteiger partial charge >= 0.3 is 5.69 Å². The van der Waals surface area contributed by atoms with Crippen LogP contribution >= 0.6 is 0 Å². The summed E-state index contributed by atoms with van der Waals surface area (Å²) in [7, 11) is 0. The number of nitrogens with zero attached hydrogens (tertiary/aromatic N) is 2. The number of aromatic nitrogens is 2. The van der Waals surface area contributed by atoms with Crippen molar-refractivity contribution in [2.24, 2.45) is 0 Å². The molecule has 3 aromatic rings. The minimum absolute atomic E-state index is 0.00829. The van der Waals surface area contributed by atoms with E-state index in [9.17, 15) is 18.8 Å². The highest BCUT2D eigenvalue weighted by Gasteiger charge is 2.24. The Morgan fingerprint density at radius 3 is 2.44 bits per heavy atom. The van der Waals surface area contributed by atoms with E-state index in [0.717, 1.165) is 36.8 Å². The van der Waals surface area contributed by atoms with Gasteiger partial charge in [0.05, 0.1) is 6.54 Å². The van der Waals surface area contributed by atoms with Crippen molar-refractivity contribution in [2.45, 2.75) is 51.5 Å². The summed E-state index contributed by atoms with van der Waals surface area (Å²) in [6.07, 6.45) is 7.57. The molecule has 0 aliphatic heterocycles. The molecule has 0 radical (unpaired) electrons. The Morgan fingerprint density at radius 1 is 1.00 bits per heavy atom. The van der Waals surface area contributed by atoms with E-state index in [1.165, 1.54) is 27.2 Å². The van der Waals surface area contributed by atoms with Crippen LogP contribution in [0.1, 0.15) is 49.7 Å². The molecule has 1 amide bonds. The molecule has 36 heavy (non-hydrogen) atoms. The maximum atomic E-state index is 13.5. The highest BCUT2D eigenvalue weighted by Crippen LogP contribution is 2.24. The van der Waals surface area contributed by atoms with E-state index < -0.39 is 11.2 Å². The fourth-order valence-electron chi connectivity index (χ4n) is 4.55. The van der Waals surface area contributed by atoms with Crippen molar-refractivity contribution in [1.29, 1.82) is 0 Å². The van der Waals surface area contributed by atoms with Gasteiger partial charge in [0.2, 0.25) is 5.91 Å². The van der Waals surface area contributed by atoms with Crippen LogP contribution in [0.15, 0.2) is 75.8 Å². The second-order valence-corrected chi connectivity index (χ2v) is 9.09. The first kappa shape index (κ1) is 25.2. The van der Waals surface area contributed by atoms with Crippen LogP contribution in [0.3, 0.4) is 0 Å². The number of aromatic amines is 1. The topological polar surface area (TPSA) is 101 Å². The summed E-state index contributed by atoms with van der Waals surface area (Å²) in [5.41, 5.74) is 7.99. The lowest BCUT2D eigenvalue weighted by Gasteiger charge is -2.26. The maximum absolute atomic E-state index is 13.5. The predicted molar refractivity (Wildman–Crippen MR) is 140 cm³/mol. The van der Waals surface area contributed by atoms with Gasteiger partial charge in [-0.15, -0.1) is 0 Å². The summed E-state index contributed by atoms with van der Waals surface area (Å²) in [4.78, 5) is 42.8. The van der Waals surface area contributed by atoms with Gasteiger partial charge in [-0.05, 0) is 61.8 Å². The average molecular weight is 491 g/mol. The lowest BCUT2D eigenvalue weighted by atomic mass is 9.97. The monoisotopic (exact) mass is 490 g/mol. The zero-order chi connectivity index (χ0) is 25.5. The van der Waals surface area contributed by atoms with Gasteiger partial charge in [-0.25, -0.2) is 9.18 Å². The molecule has 7 nitrogen and oxygen atoms in total. The number of rotatable bonds is 9. The van der Waals surface area contributed by atoms with Gasteiger partial charge in [0.25, 0.3) is 5.56 Å². The van der Waals surface area contributed by atoms with E-state index in [0.29, 0.717) is 12.8 Å². The van der Waals surface area contributed by atoms with Crippen LogP contribution in [-0.2, 0) is 17.8 Å². The number of nitrogen functional groups attached to an aromatic ring is 1. The standard InChI is InChI=1S/C28H31FN4O3/c29-23-14-11-21(12-15-23)13-16-24(34)32(18-17-20-7-3-1-4-8-20)25-26(30)33(28(36)31-27(25)35)19-22-9-5-2-6-10-22/h2,5-7,9-12,14-15H,1,3-4,8,13,16-19,30H2,(H,31,35,36). The molecular formula is C28H31FN4O3. The number of amides is 1. The highest BCUT2D eigenvalue weighted by molar-refractivity contribution is 5.95. The van der Waals surface area contributed by atoms with E-state index in [1.807, 2.05) is 30.3 Å². The van der Waals surface area contributed by atoms with Crippen molar-refractivity contribution in [3.05, 3.63) is 104 Å². The fraction of sp³-hybridized carbons (Fsp3) is 0.321. The van der Waals surface area contributed by atoms with Gasteiger partial charge in [0.15, 0.2) is 5.69 Å². The zero-order valence-corrected chi connectivity index (χ0v) is 20.2. The molecule has 1 aliphatic carbocycles. The second-order valence-electron chi connectivity index (χ2n) is 9.09. The van der Waals surface area contributed by atoms with Crippen molar-refractivity contribution in [3.63, 3.8) is 0 Å². The van der Waals surface area contributed by atoms with Gasteiger partial charge in [-0.3, -0.25) is 19.1 Å². The largest absolute Gasteiger partial charge is 0.383 e. The van der Waals surface area contributed by atoms with E-state index >= 15 is 0 Å². The molecule has 0 atom stereocenters. The summed E-state index contributed by atoms with van der Waals surface area (Å²) in [5, 5.41) is 0. The molecule has 4 rings (SSSR count). The minimum Gasteiger partial charge on any atom is -0.383 e. The van der Waals surface area contributed by atoms with Crippen LogP contribution in [-0.4, -0.2) is 22.0 Å². The van der Waals surface area contributed by atoms with Crippen molar-refractivity contribution in [3.8, 4) is 0 Å². The Bertz CT molecular complexity index is 1340. The number of hydrogen-bond donors (Lipinski definition) is 2. The summed E-state index contributed by atoms with van der Waals surface area (Å²) in [5.74, 6) is -0.661. The smallest absolute Gasteiger partial charge is 0.330 e. The molecule has 0 saturated heterocycles. The number of halogens is 1. The molecule has 0 spiro atoms. The van der Waals surface area contributed by atoms with Crippen LogP contribution in [0, 0.1) is 5.82 Å². The SMILES string of the molecule is Nc1c(N(CCC2=CCCCC2)C(=O)CCc2ccc(F)cc2)c(=O)[nH]c(=O)n1Cc1ccccc1. The van der Waals surface area contributed by atoms with E-state index in [4.69, 9.17) is 5.73 Å². The zero-order valence-electron chi connectivity index (χ0n) is 20.2. The molecule has 8 heteroatoms. The van der Waals surface area contributed by atoms with E-state index in [2.05, 4.69) is 11.1 Å². The lowest BCUT2D eigenvalue weighted by molar-refractivity contribution is -0.118. The second kappa shape index (κ2) is 11.7. The molecule has 1 aromatic heterocycles. The predicted octanol–water partition coefficient (Wildman–Crippen LogP) is 4.16. The summed E-state index contributed by atoms with van der Waals surface area (Å²) in [6, 6.07) is 15.3. The van der Waals surface area contributed by atoms with Crippen molar-refractivity contribution in [2.75, 3.05) is 17.2 Å². The van der Waals surface area contributed by atoms with Crippen LogP contribution < -0.4 is 21.9 Å². The third kappa shape index (κ3) is 6.19. The first-order valence-electron chi connectivity index (χ1n) is 12.3. The Morgan fingerprint density at radius 2 is 1.75 bits per heavy atom. The number of carbonyl (C=O) groups excluding carboxylic acids is 1. The molecule has 1 aliphatic rings. The average Bonchev–Trinajstić information content (AvgIpc) is 2.89. The van der Waals surface area contributed by atoms with Crippen LogP contribution in [0.2, 0.25) is 0 Å². The van der Waals surface area contributed by atoms with Crippen molar-refractivity contribution >= 4 is 17.4 Å². The van der Waals surface area contributed by atoms with Crippen LogP contribution in [0.4, 0.5) is 15.9 Å².